The van der Waals surface area contributed by atoms with Crippen molar-refractivity contribution >= 4 is 5.82 Å². The van der Waals surface area contributed by atoms with Crippen LogP contribution in [0.2, 0.25) is 0 Å². The van der Waals surface area contributed by atoms with Crippen LogP contribution in [0.1, 0.15) is 57.1 Å². The fourth-order valence-corrected chi connectivity index (χ4v) is 3.39. The molecular formula is C16H26N4. The molecule has 20 heavy (non-hydrogen) atoms. The summed E-state index contributed by atoms with van der Waals surface area (Å²) < 4.78 is 0. The van der Waals surface area contributed by atoms with Crippen LogP contribution in [0.3, 0.4) is 0 Å². The van der Waals surface area contributed by atoms with E-state index in [2.05, 4.69) is 26.7 Å². The standard InChI is InChI=1S/C16H26N4/c1-2-7-14(6-1)20-16-11-15(18-12-19-16)9-8-13-5-3-4-10-17-13/h11-14,17H,1-10H2,(H,18,19,20)/t13-/m0/s1. The molecule has 1 atom stereocenters. The van der Waals surface area contributed by atoms with E-state index < -0.39 is 0 Å². The van der Waals surface area contributed by atoms with Crippen molar-refractivity contribution in [2.45, 2.75) is 69.9 Å². The third-order valence-electron chi connectivity index (χ3n) is 4.59. The van der Waals surface area contributed by atoms with Crippen molar-refractivity contribution in [1.82, 2.24) is 15.3 Å². The predicted molar refractivity (Wildman–Crippen MR) is 81.9 cm³/mol. The zero-order chi connectivity index (χ0) is 13.6. The minimum atomic E-state index is 0.623. The smallest absolute Gasteiger partial charge is 0.129 e. The van der Waals surface area contributed by atoms with E-state index in [4.69, 9.17) is 0 Å². The maximum absolute atomic E-state index is 4.42. The molecule has 2 fully saturated rings. The molecule has 4 nitrogen and oxygen atoms in total. The molecule has 0 aromatic carbocycles. The van der Waals surface area contributed by atoms with E-state index in [0.29, 0.717) is 12.1 Å². The van der Waals surface area contributed by atoms with E-state index in [-0.39, 0.29) is 0 Å². The highest BCUT2D eigenvalue weighted by atomic mass is 15.0. The summed E-state index contributed by atoms with van der Waals surface area (Å²) in [4.78, 5) is 8.78. The summed E-state index contributed by atoms with van der Waals surface area (Å²) in [5, 5.41) is 7.16. The summed E-state index contributed by atoms with van der Waals surface area (Å²) in [6, 6.07) is 3.45. The van der Waals surface area contributed by atoms with Crippen LogP contribution in [-0.2, 0) is 6.42 Å². The molecule has 0 spiro atoms. The van der Waals surface area contributed by atoms with Gasteiger partial charge < -0.3 is 10.6 Å². The molecule has 0 radical (unpaired) electrons. The van der Waals surface area contributed by atoms with Gasteiger partial charge in [0, 0.05) is 23.8 Å². The molecule has 1 aromatic heterocycles. The zero-order valence-electron chi connectivity index (χ0n) is 12.3. The van der Waals surface area contributed by atoms with Crippen molar-refractivity contribution < 1.29 is 0 Å². The lowest BCUT2D eigenvalue weighted by Crippen LogP contribution is -2.34. The Balaban J connectivity index is 1.50. The third-order valence-corrected chi connectivity index (χ3v) is 4.59. The van der Waals surface area contributed by atoms with Crippen LogP contribution < -0.4 is 10.6 Å². The monoisotopic (exact) mass is 274 g/mol. The van der Waals surface area contributed by atoms with Crippen molar-refractivity contribution in [3.05, 3.63) is 18.1 Å². The Labute approximate surface area is 121 Å². The summed E-state index contributed by atoms with van der Waals surface area (Å²) >= 11 is 0. The van der Waals surface area contributed by atoms with Crippen molar-refractivity contribution in [2.75, 3.05) is 11.9 Å². The van der Waals surface area contributed by atoms with Crippen LogP contribution in [0.5, 0.6) is 0 Å². The predicted octanol–water partition coefficient (Wildman–Crippen LogP) is 2.91. The third kappa shape index (κ3) is 3.92. The van der Waals surface area contributed by atoms with Crippen molar-refractivity contribution in [2.24, 2.45) is 0 Å². The Morgan fingerprint density at radius 2 is 1.95 bits per heavy atom. The van der Waals surface area contributed by atoms with Crippen LogP contribution in [0.4, 0.5) is 5.82 Å². The van der Waals surface area contributed by atoms with Gasteiger partial charge >= 0.3 is 0 Å². The molecule has 2 aliphatic rings. The van der Waals surface area contributed by atoms with E-state index in [1.165, 1.54) is 63.6 Å². The Kier molecular flexibility index (Phi) is 4.85. The number of aryl methyl sites for hydroxylation is 1. The molecule has 4 heteroatoms. The fourth-order valence-electron chi connectivity index (χ4n) is 3.39. The molecule has 1 aliphatic carbocycles. The average Bonchev–Trinajstić information content (AvgIpc) is 3.00. The maximum Gasteiger partial charge on any atom is 0.129 e. The largest absolute Gasteiger partial charge is 0.367 e. The number of nitrogens with one attached hydrogen (secondary N) is 2. The number of piperidine rings is 1. The second kappa shape index (κ2) is 7.02. The quantitative estimate of drug-likeness (QED) is 0.867. The molecule has 0 unspecified atom stereocenters. The molecule has 0 bridgehead atoms. The van der Waals surface area contributed by atoms with Gasteiger partial charge in [-0.2, -0.15) is 0 Å². The van der Waals surface area contributed by atoms with Crippen LogP contribution in [0.25, 0.3) is 0 Å². The first kappa shape index (κ1) is 13.8. The Bertz CT molecular complexity index is 409. The Morgan fingerprint density at radius 1 is 1.10 bits per heavy atom. The molecule has 2 heterocycles. The first-order valence-corrected chi connectivity index (χ1v) is 8.21. The molecule has 1 aliphatic heterocycles. The fraction of sp³-hybridized carbons (Fsp3) is 0.750. The summed E-state index contributed by atoms with van der Waals surface area (Å²) in [6.07, 6.45) is 13.2. The van der Waals surface area contributed by atoms with Crippen LogP contribution in [0, 0.1) is 0 Å². The normalized spacial score (nSPS) is 23.9. The lowest BCUT2D eigenvalue weighted by Gasteiger charge is -2.23. The average molecular weight is 274 g/mol. The summed E-state index contributed by atoms with van der Waals surface area (Å²) in [6.45, 7) is 1.18. The van der Waals surface area contributed by atoms with Gasteiger partial charge in [-0.05, 0) is 45.1 Å². The summed E-state index contributed by atoms with van der Waals surface area (Å²) in [5.41, 5.74) is 1.17. The Morgan fingerprint density at radius 3 is 2.75 bits per heavy atom. The van der Waals surface area contributed by atoms with E-state index in [9.17, 15) is 0 Å². The number of nitrogens with zero attached hydrogens (tertiary/aromatic N) is 2. The second-order valence-corrected chi connectivity index (χ2v) is 6.21. The zero-order valence-corrected chi connectivity index (χ0v) is 12.3. The van der Waals surface area contributed by atoms with Crippen LogP contribution in [-0.4, -0.2) is 28.6 Å². The van der Waals surface area contributed by atoms with Crippen molar-refractivity contribution in [1.29, 1.82) is 0 Å². The van der Waals surface area contributed by atoms with E-state index in [0.717, 1.165) is 12.2 Å². The number of aromatic nitrogens is 2. The van der Waals surface area contributed by atoms with Crippen molar-refractivity contribution in [3.8, 4) is 0 Å². The molecule has 1 saturated heterocycles. The van der Waals surface area contributed by atoms with Gasteiger partial charge in [-0.3, -0.25) is 0 Å². The van der Waals surface area contributed by atoms with E-state index in [1.807, 2.05) is 0 Å². The van der Waals surface area contributed by atoms with Gasteiger partial charge in [0.25, 0.3) is 0 Å². The van der Waals surface area contributed by atoms with Gasteiger partial charge in [-0.25, -0.2) is 9.97 Å². The topological polar surface area (TPSA) is 49.8 Å². The highest BCUT2D eigenvalue weighted by Gasteiger charge is 2.16. The van der Waals surface area contributed by atoms with Gasteiger partial charge in [0.05, 0.1) is 0 Å². The second-order valence-electron chi connectivity index (χ2n) is 6.21. The maximum atomic E-state index is 4.42. The summed E-state index contributed by atoms with van der Waals surface area (Å²) in [7, 11) is 0. The van der Waals surface area contributed by atoms with Gasteiger partial charge in [0.2, 0.25) is 0 Å². The van der Waals surface area contributed by atoms with Crippen LogP contribution >= 0.6 is 0 Å². The van der Waals surface area contributed by atoms with Gasteiger partial charge in [-0.15, -0.1) is 0 Å². The van der Waals surface area contributed by atoms with Crippen LogP contribution in [0.15, 0.2) is 12.4 Å². The number of rotatable bonds is 5. The lowest BCUT2D eigenvalue weighted by molar-refractivity contribution is 0.382. The minimum absolute atomic E-state index is 0.623. The van der Waals surface area contributed by atoms with E-state index >= 15 is 0 Å². The SMILES string of the molecule is c1nc(CC[C@@H]2CCCCN2)cc(NC2CCCC2)n1. The molecule has 0 amide bonds. The number of anilines is 1. The molecule has 2 N–H and O–H groups in total. The highest BCUT2D eigenvalue weighted by molar-refractivity contribution is 5.36. The van der Waals surface area contributed by atoms with Crippen molar-refractivity contribution in [3.63, 3.8) is 0 Å². The number of hydrogen-bond acceptors (Lipinski definition) is 4. The highest BCUT2D eigenvalue weighted by Crippen LogP contribution is 2.21. The number of hydrogen-bond donors (Lipinski definition) is 2. The Hall–Kier alpha value is -1.16. The van der Waals surface area contributed by atoms with E-state index in [1.54, 1.807) is 6.33 Å². The van der Waals surface area contributed by atoms with Gasteiger partial charge in [0.15, 0.2) is 0 Å². The van der Waals surface area contributed by atoms with Gasteiger partial charge in [-0.1, -0.05) is 19.3 Å². The minimum Gasteiger partial charge on any atom is -0.367 e. The summed E-state index contributed by atoms with van der Waals surface area (Å²) in [5.74, 6) is 1.01. The lowest BCUT2D eigenvalue weighted by atomic mass is 10.00. The molecule has 1 aromatic rings. The first-order valence-electron chi connectivity index (χ1n) is 8.21. The molecule has 110 valence electrons. The molecular weight excluding hydrogens is 248 g/mol. The molecule has 1 saturated carbocycles. The first-order chi connectivity index (χ1) is 9.90. The molecule has 3 rings (SSSR count). The van der Waals surface area contributed by atoms with Gasteiger partial charge in [0.1, 0.15) is 12.1 Å².